The van der Waals surface area contributed by atoms with Crippen molar-refractivity contribution in [3.8, 4) is 0 Å². The topological polar surface area (TPSA) is 73.0 Å². The van der Waals surface area contributed by atoms with Gasteiger partial charge in [-0.3, -0.25) is 14.4 Å². The summed E-state index contributed by atoms with van der Waals surface area (Å²) in [5.41, 5.74) is 2.31. The third kappa shape index (κ3) is 5.69. The van der Waals surface area contributed by atoms with Crippen LogP contribution in [-0.4, -0.2) is 66.8 Å². The Morgan fingerprint density at radius 1 is 0.972 bits per heavy atom. The molecule has 2 fully saturated rings. The minimum absolute atomic E-state index is 0.0194. The molecule has 0 bridgehead atoms. The van der Waals surface area contributed by atoms with E-state index in [-0.39, 0.29) is 23.6 Å². The summed E-state index contributed by atoms with van der Waals surface area (Å²) >= 11 is 0. The van der Waals surface area contributed by atoms with E-state index in [1.54, 1.807) is 21.9 Å². The number of hydrogen-bond acceptors (Lipinski definition) is 4. The van der Waals surface area contributed by atoms with Crippen LogP contribution in [-0.2, 0) is 4.79 Å². The van der Waals surface area contributed by atoms with Gasteiger partial charge in [-0.2, -0.15) is 0 Å². The highest BCUT2D eigenvalue weighted by Gasteiger charge is 2.27. The number of rotatable bonds is 7. The van der Waals surface area contributed by atoms with Crippen LogP contribution in [0.2, 0.25) is 0 Å². The molecule has 1 aliphatic heterocycles. The molecule has 2 aromatic carbocycles. The van der Waals surface area contributed by atoms with Gasteiger partial charge in [0.1, 0.15) is 5.82 Å². The lowest BCUT2D eigenvalue weighted by Gasteiger charge is -2.37. The average molecular weight is 495 g/mol. The fourth-order valence-corrected chi connectivity index (χ4v) is 5.13. The van der Waals surface area contributed by atoms with E-state index in [4.69, 9.17) is 0 Å². The first-order chi connectivity index (χ1) is 17.4. The number of amides is 3. The van der Waals surface area contributed by atoms with Gasteiger partial charge in [0.25, 0.3) is 11.8 Å². The molecular formula is C28H35FN4O3. The smallest absolute Gasteiger partial charge is 0.256 e. The van der Waals surface area contributed by atoms with Gasteiger partial charge in [0.05, 0.1) is 5.56 Å². The maximum absolute atomic E-state index is 13.6. The van der Waals surface area contributed by atoms with Crippen LogP contribution < -0.4 is 10.2 Å². The number of nitrogens with one attached hydrogen (secondary N) is 1. The Hall–Kier alpha value is -3.42. The van der Waals surface area contributed by atoms with Crippen molar-refractivity contribution in [2.24, 2.45) is 5.92 Å². The average Bonchev–Trinajstić information content (AvgIpc) is 3.44. The van der Waals surface area contributed by atoms with Crippen molar-refractivity contribution in [3.05, 3.63) is 59.4 Å². The number of hydrogen-bond donors (Lipinski definition) is 1. The van der Waals surface area contributed by atoms with Crippen molar-refractivity contribution in [2.75, 3.05) is 49.5 Å². The first-order valence-corrected chi connectivity index (χ1v) is 12.9. The Balaban J connectivity index is 1.52. The van der Waals surface area contributed by atoms with E-state index >= 15 is 0 Å². The zero-order chi connectivity index (χ0) is 25.7. The number of anilines is 2. The van der Waals surface area contributed by atoms with Crippen molar-refractivity contribution in [1.82, 2.24) is 9.80 Å². The maximum atomic E-state index is 13.6. The summed E-state index contributed by atoms with van der Waals surface area (Å²) in [6.45, 7) is 7.10. The van der Waals surface area contributed by atoms with Crippen LogP contribution in [0.4, 0.5) is 15.8 Å². The fraction of sp³-hybridized carbons (Fsp3) is 0.464. The normalized spacial score (nSPS) is 16.2. The summed E-state index contributed by atoms with van der Waals surface area (Å²) in [5, 5.41) is 3.02. The minimum atomic E-state index is -0.431. The van der Waals surface area contributed by atoms with E-state index in [1.807, 2.05) is 26.0 Å². The number of nitrogens with zero attached hydrogens (tertiary/aromatic N) is 3. The number of carbonyl (C=O) groups is 3. The quantitative estimate of drug-likeness (QED) is 0.619. The van der Waals surface area contributed by atoms with Crippen LogP contribution in [0.15, 0.2) is 42.5 Å². The fourth-order valence-electron chi connectivity index (χ4n) is 5.13. The minimum Gasteiger partial charge on any atom is -0.367 e. The summed E-state index contributed by atoms with van der Waals surface area (Å²) in [6, 6.07) is 11.3. The van der Waals surface area contributed by atoms with Gasteiger partial charge in [0.2, 0.25) is 5.91 Å². The monoisotopic (exact) mass is 494 g/mol. The second kappa shape index (κ2) is 11.5. The third-order valence-electron chi connectivity index (χ3n) is 7.25. The molecule has 0 spiro atoms. The lowest BCUT2D eigenvalue weighted by Crippen LogP contribution is -2.49. The molecule has 1 heterocycles. The van der Waals surface area contributed by atoms with Crippen LogP contribution in [0.1, 0.15) is 60.2 Å². The zero-order valence-electron chi connectivity index (χ0n) is 21.1. The first kappa shape index (κ1) is 25.7. The number of carbonyl (C=O) groups excluding carboxylic acids is 3. The van der Waals surface area contributed by atoms with Gasteiger partial charge in [-0.15, -0.1) is 0 Å². The molecule has 2 aromatic rings. The molecule has 192 valence electrons. The van der Waals surface area contributed by atoms with Crippen molar-refractivity contribution in [1.29, 1.82) is 0 Å². The molecule has 0 atom stereocenters. The Morgan fingerprint density at radius 3 is 2.31 bits per heavy atom. The molecule has 4 rings (SSSR count). The molecule has 1 saturated heterocycles. The van der Waals surface area contributed by atoms with Crippen LogP contribution >= 0.6 is 0 Å². The Kier molecular flexibility index (Phi) is 8.23. The molecule has 8 heteroatoms. The largest absolute Gasteiger partial charge is 0.367 e. The number of benzene rings is 2. The first-order valence-electron chi connectivity index (χ1n) is 12.9. The van der Waals surface area contributed by atoms with Gasteiger partial charge in [0, 0.05) is 62.1 Å². The Morgan fingerprint density at radius 2 is 1.67 bits per heavy atom. The lowest BCUT2D eigenvalue weighted by atomic mass is 10.1. The molecule has 0 unspecified atom stereocenters. The van der Waals surface area contributed by atoms with E-state index in [0.29, 0.717) is 56.1 Å². The molecule has 1 saturated carbocycles. The van der Waals surface area contributed by atoms with Crippen molar-refractivity contribution >= 4 is 29.1 Å². The van der Waals surface area contributed by atoms with E-state index in [9.17, 15) is 18.8 Å². The zero-order valence-corrected chi connectivity index (χ0v) is 21.1. The number of halogens is 1. The highest BCUT2D eigenvalue weighted by molar-refractivity contribution is 6.02. The SMILES string of the molecule is CCN(CC)C(=O)c1cc(NC(=O)C2CCCC2)ccc1N1CCN(C(=O)c2cccc(F)c2)CC1. The van der Waals surface area contributed by atoms with E-state index < -0.39 is 5.82 Å². The molecule has 3 amide bonds. The van der Waals surface area contributed by atoms with Crippen LogP contribution in [0, 0.1) is 11.7 Å². The summed E-state index contributed by atoms with van der Waals surface area (Å²) in [6.07, 6.45) is 3.98. The van der Waals surface area contributed by atoms with Gasteiger partial charge in [0.15, 0.2) is 0 Å². The summed E-state index contributed by atoms with van der Waals surface area (Å²) in [7, 11) is 0. The predicted molar refractivity (Wildman–Crippen MR) is 139 cm³/mol. The third-order valence-corrected chi connectivity index (χ3v) is 7.25. The van der Waals surface area contributed by atoms with Gasteiger partial charge in [-0.1, -0.05) is 18.9 Å². The van der Waals surface area contributed by atoms with Crippen LogP contribution in [0.3, 0.4) is 0 Å². The maximum Gasteiger partial charge on any atom is 0.256 e. The van der Waals surface area contributed by atoms with E-state index in [2.05, 4.69) is 10.2 Å². The predicted octanol–water partition coefficient (Wildman–Crippen LogP) is 4.40. The summed E-state index contributed by atoms with van der Waals surface area (Å²) in [4.78, 5) is 44.6. The molecule has 0 radical (unpaired) electrons. The standard InChI is InChI=1S/C28H35FN4O3/c1-3-31(4-2)28(36)24-19-23(30-26(34)20-8-5-6-9-20)12-13-25(24)32-14-16-33(17-15-32)27(35)21-10-7-11-22(29)18-21/h7,10-13,18-20H,3-6,8-9,14-17H2,1-2H3,(H,30,34). The molecule has 2 aliphatic rings. The summed E-state index contributed by atoms with van der Waals surface area (Å²) < 4.78 is 13.6. The molecule has 1 aliphatic carbocycles. The molecular weight excluding hydrogens is 459 g/mol. The van der Waals surface area contributed by atoms with Crippen LogP contribution in [0.5, 0.6) is 0 Å². The van der Waals surface area contributed by atoms with Crippen LogP contribution in [0.25, 0.3) is 0 Å². The Bertz CT molecular complexity index is 1100. The van der Waals surface area contributed by atoms with E-state index in [1.165, 1.54) is 18.2 Å². The van der Waals surface area contributed by atoms with Gasteiger partial charge >= 0.3 is 0 Å². The second-order valence-electron chi connectivity index (χ2n) is 9.47. The van der Waals surface area contributed by atoms with Gasteiger partial charge < -0.3 is 20.0 Å². The molecule has 7 nitrogen and oxygen atoms in total. The molecule has 36 heavy (non-hydrogen) atoms. The van der Waals surface area contributed by atoms with Crippen molar-refractivity contribution in [3.63, 3.8) is 0 Å². The highest BCUT2D eigenvalue weighted by atomic mass is 19.1. The molecule has 1 N–H and O–H groups in total. The second-order valence-corrected chi connectivity index (χ2v) is 9.47. The van der Waals surface area contributed by atoms with E-state index in [0.717, 1.165) is 31.4 Å². The van der Waals surface area contributed by atoms with Crippen molar-refractivity contribution in [2.45, 2.75) is 39.5 Å². The highest BCUT2D eigenvalue weighted by Crippen LogP contribution is 2.30. The van der Waals surface area contributed by atoms with Gasteiger partial charge in [-0.05, 0) is 63.1 Å². The Labute approximate surface area is 212 Å². The lowest BCUT2D eigenvalue weighted by molar-refractivity contribution is -0.119. The van der Waals surface area contributed by atoms with Gasteiger partial charge in [-0.25, -0.2) is 4.39 Å². The van der Waals surface area contributed by atoms with Crippen molar-refractivity contribution < 1.29 is 18.8 Å². The number of piperazine rings is 1. The summed E-state index contributed by atoms with van der Waals surface area (Å²) in [5.74, 6) is -0.649. The molecule has 0 aromatic heterocycles.